The topological polar surface area (TPSA) is 154 Å². The number of aromatic nitrogens is 4. The van der Waals surface area contributed by atoms with Gasteiger partial charge in [-0.05, 0) is 93.5 Å². The van der Waals surface area contributed by atoms with Gasteiger partial charge in [-0.2, -0.15) is 0 Å². The molecule has 7 heterocycles. The maximum absolute atomic E-state index is 14.9. The summed E-state index contributed by atoms with van der Waals surface area (Å²) in [4.78, 5) is 58.3. The van der Waals surface area contributed by atoms with Crippen LogP contribution in [0.5, 0.6) is 0 Å². The predicted octanol–water partition coefficient (Wildman–Crippen LogP) is 7.06. The Morgan fingerprint density at radius 2 is 1.95 bits per heavy atom. The number of cyclic esters (lactones) is 1. The number of esters is 1. The lowest BCUT2D eigenvalue weighted by atomic mass is 9.84. The zero-order valence-electron chi connectivity index (χ0n) is 38.1. The van der Waals surface area contributed by atoms with Crippen molar-refractivity contribution >= 4 is 56.4 Å². The number of ether oxygens (including phenoxy) is 3. The number of hydrogen-bond acceptors (Lipinski definition) is 11. The summed E-state index contributed by atoms with van der Waals surface area (Å²) in [6.07, 6.45) is 6.24. The van der Waals surface area contributed by atoms with E-state index in [1.807, 2.05) is 50.1 Å². The van der Waals surface area contributed by atoms with Crippen molar-refractivity contribution in [1.29, 1.82) is 0 Å². The number of hydrazine groups is 1. The molecule has 5 aromatic rings. The number of carbonyl (C=O) groups excluding carboxylic acids is 3. The fraction of sp³-hybridized carbons (Fsp3) is 0.510. The lowest BCUT2D eigenvalue weighted by Crippen LogP contribution is -2.63. The van der Waals surface area contributed by atoms with Crippen LogP contribution >= 0.6 is 11.8 Å². The number of carbonyl (C=O) groups is 3. The Balaban J connectivity index is 1.12. The summed E-state index contributed by atoms with van der Waals surface area (Å²) in [7, 11) is 3.69. The van der Waals surface area contributed by atoms with Gasteiger partial charge in [-0.25, -0.2) is 5.43 Å². The van der Waals surface area contributed by atoms with Gasteiger partial charge in [0, 0.05) is 96.8 Å². The molecular weight excluding hydrogens is 829 g/mol. The van der Waals surface area contributed by atoms with Gasteiger partial charge in [0.05, 0.1) is 41.9 Å². The smallest absolute Gasteiger partial charge is 0.324 e. The van der Waals surface area contributed by atoms with Crippen LogP contribution in [-0.2, 0) is 48.6 Å². The predicted molar refractivity (Wildman–Crippen MR) is 249 cm³/mol. The van der Waals surface area contributed by atoms with Gasteiger partial charge in [-0.3, -0.25) is 34.4 Å². The third-order valence-electron chi connectivity index (χ3n) is 13.7. The van der Waals surface area contributed by atoms with Crippen LogP contribution in [0.15, 0.2) is 66.0 Å². The minimum atomic E-state index is -1.12. The average molecular weight is 889 g/mol. The summed E-state index contributed by atoms with van der Waals surface area (Å²) in [5, 5.41) is 7.47. The number of aliphatic imine (C=N–C) groups is 1. The molecule has 2 fully saturated rings. The van der Waals surface area contributed by atoms with Gasteiger partial charge < -0.3 is 28.7 Å². The van der Waals surface area contributed by atoms with E-state index in [-0.39, 0.29) is 54.9 Å². The van der Waals surface area contributed by atoms with E-state index in [9.17, 15) is 14.4 Å². The fourth-order valence-electron chi connectivity index (χ4n) is 10.1. The molecule has 2 amide bonds. The number of amides is 2. The van der Waals surface area contributed by atoms with Crippen molar-refractivity contribution < 1.29 is 28.6 Å². The SMILES string of the molecule is CCO[C@@H]1C2=NC(CS2)c2ccc3c(c2)c(c(-c2cccnc2[C@H](C)OC)n3CC)CC(C)(C)COC(=O)[C@@H]2CCCN(N2)C(=O)[C@H]1NC(=O)[C@H]1[C@H](C)[C@@H]1c1cc2ccn(C)c2cn1. The second-order valence-electron chi connectivity index (χ2n) is 18.6. The van der Waals surface area contributed by atoms with E-state index in [4.69, 9.17) is 29.2 Å². The molecule has 338 valence electrons. The van der Waals surface area contributed by atoms with E-state index in [2.05, 4.69) is 79.4 Å². The summed E-state index contributed by atoms with van der Waals surface area (Å²) < 4.78 is 22.8. The number of nitrogens with one attached hydrogen (secondary N) is 2. The van der Waals surface area contributed by atoms with Crippen LogP contribution in [0.4, 0.5) is 0 Å². The van der Waals surface area contributed by atoms with Crippen molar-refractivity contribution in [1.82, 2.24) is 34.9 Å². The zero-order valence-corrected chi connectivity index (χ0v) is 38.9. The molecule has 4 aliphatic rings. The molecule has 8 atom stereocenters. The zero-order chi connectivity index (χ0) is 45.0. The number of fused-ring (bicyclic) bond motifs is 6. The lowest BCUT2D eigenvalue weighted by molar-refractivity contribution is -0.156. The summed E-state index contributed by atoms with van der Waals surface area (Å²) in [5.74, 6) is -0.872. The van der Waals surface area contributed by atoms with Gasteiger partial charge in [-0.1, -0.05) is 26.8 Å². The van der Waals surface area contributed by atoms with Crippen molar-refractivity contribution in [2.75, 3.05) is 32.6 Å². The number of hydrogen-bond donors (Lipinski definition) is 2. The van der Waals surface area contributed by atoms with Crippen LogP contribution in [0.25, 0.3) is 33.1 Å². The Bertz CT molecular complexity index is 2640. The van der Waals surface area contributed by atoms with E-state index >= 15 is 0 Å². The van der Waals surface area contributed by atoms with Gasteiger partial charge >= 0.3 is 5.97 Å². The van der Waals surface area contributed by atoms with Gasteiger partial charge in [-0.15, -0.1) is 11.8 Å². The molecule has 4 aromatic heterocycles. The Labute approximate surface area is 378 Å². The highest BCUT2D eigenvalue weighted by atomic mass is 32.2. The number of aryl methyl sites for hydroxylation is 2. The average Bonchev–Trinajstić information content (AvgIpc) is 3.58. The molecule has 1 aliphatic carbocycles. The molecule has 15 heteroatoms. The third-order valence-corrected chi connectivity index (χ3v) is 14.8. The monoisotopic (exact) mass is 888 g/mol. The van der Waals surface area contributed by atoms with E-state index in [0.29, 0.717) is 36.6 Å². The largest absolute Gasteiger partial charge is 0.464 e. The molecule has 3 aliphatic heterocycles. The maximum Gasteiger partial charge on any atom is 0.324 e. The summed E-state index contributed by atoms with van der Waals surface area (Å²) in [5.41, 5.74) is 10.8. The number of rotatable bonds is 9. The van der Waals surface area contributed by atoms with Crippen LogP contribution in [0, 0.1) is 17.3 Å². The number of pyridine rings is 2. The van der Waals surface area contributed by atoms with Gasteiger partial charge in [0.25, 0.3) is 5.91 Å². The van der Waals surface area contributed by atoms with Crippen LogP contribution < -0.4 is 10.7 Å². The highest BCUT2D eigenvalue weighted by Crippen LogP contribution is 2.53. The molecule has 2 N–H and O–H groups in total. The first kappa shape index (κ1) is 44.1. The summed E-state index contributed by atoms with van der Waals surface area (Å²) >= 11 is 1.56. The Morgan fingerprint density at radius 3 is 2.73 bits per heavy atom. The lowest BCUT2D eigenvalue weighted by Gasteiger charge is -2.37. The number of benzene rings is 1. The quantitative estimate of drug-likeness (QED) is 0.147. The maximum atomic E-state index is 14.9. The molecule has 64 heavy (non-hydrogen) atoms. The highest BCUT2D eigenvalue weighted by molar-refractivity contribution is 8.14. The van der Waals surface area contributed by atoms with Gasteiger partial charge in [0.15, 0.2) is 0 Å². The fourth-order valence-corrected chi connectivity index (χ4v) is 11.3. The molecule has 0 spiro atoms. The standard InChI is InChI=1S/C49H60N8O6S/c1-9-56-37-16-15-29-21-32(37)33(43(56)31-13-11-18-50-41(31)28(4)61-8)23-49(5,6)26-63-48(60)34-14-12-19-57(54-34)47(59)42(44(62-10-2)46-52-36(29)25-64-46)53-45(58)40-27(3)39(40)35-22-30-17-20-55(7)38(30)24-51-35/h11,13,15-18,20-22,24,27-28,34,36,39-40,42,44,54H,9-10,12,14,19,23,25-26H2,1-8H3,(H,53,58)/t27-,28+,34+,36?,39-,40+,42+,44+/m1/s1. The number of nitrogens with zero attached hydrogens (tertiary/aromatic N) is 6. The second kappa shape index (κ2) is 17.7. The van der Waals surface area contributed by atoms with E-state index < -0.39 is 29.6 Å². The molecule has 9 rings (SSSR count). The number of methoxy groups -OCH3 is 1. The minimum Gasteiger partial charge on any atom is -0.464 e. The summed E-state index contributed by atoms with van der Waals surface area (Å²) in [6, 6.07) is 12.7. The number of thioether (sulfide) groups is 1. The van der Waals surface area contributed by atoms with Crippen molar-refractivity contribution in [2.45, 2.75) is 104 Å². The summed E-state index contributed by atoms with van der Waals surface area (Å²) in [6.45, 7) is 13.9. The molecule has 1 saturated heterocycles. The minimum absolute atomic E-state index is 0.0172. The first-order valence-corrected chi connectivity index (χ1v) is 23.7. The molecule has 0 radical (unpaired) electrons. The van der Waals surface area contributed by atoms with Crippen LogP contribution in [0.3, 0.4) is 0 Å². The third kappa shape index (κ3) is 8.13. The van der Waals surface area contributed by atoms with Crippen molar-refractivity contribution in [3.05, 3.63) is 83.6 Å². The molecule has 14 nitrogen and oxygen atoms in total. The van der Waals surface area contributed by atoms with E-state index in [1.165, 1.54) is 5.01 Å². The Hall–Kier alpha value is -5.09. The first-order valence-electron chi connectivity index (χ1n) is 22.7. The molecule has 6 bridgehead atoms. The normalized spacial score (nSPS) is 26.4. The van der Waals surface area contributed by atoms with Crippen molar-refractivity contribution in [2.24, 2.45) is 29.3 Å². The molecule has 1 unspecified atom stereocenters. The molecule has 1 aromatic carbocycles. The van der Waals surface area contributed by atoms with Crippen molar-refractivity contribution in [3.8, 4) is 11.3 Å². The van der Waals surface area contributed by atoms with Crippen molar-refractivity contribution in [3.63, 3.8) is 0 Å². The van der Waals surface area contributed by atoms with Gasteiger partial charge in [0.2, 0.25) is 5.91 Å². The van der Waals surface area contributed by atoms with Crippen LogP contribution in [-0.4, -0.2) is 97.7 Å². The van der Waals surface area contributed by atoms with E-state index in [0.717, 1.165) is 62.1 Å². The Morgan fingerprint density at radius 1 is 1.12 bits per heavy atom. The van der Waals surface area contributed by atoms with Crippen LogP contribution in [0.1, 0.15) is 95.0 Å². The highest BCUT2D eigenvalue weighted by Gasteiger charge is 2.55. The molecular formula is C49H60N8O6S. The first-order chi connectivity index (χ1) is 30.8. The van der Waals surface area contributed by atoms with Crippen LogP contribution in [0.2, 0.25) is 0 Å². The van der Waals surface area contributed by atoms with Gasteiger partial charge in [0.1, 0.15) is 23.2 Å². The Kier molecular flexibility index (Phi) is 12.2. The second-order valence-corrected chi connectivity index (χ2v) is 19.6. The molecule has 1 saturated carbocycles. The van der Waals surface area contributed by atoms with E-state index in [1.54, 1.807) is 18.9 Å².